The first-order chi connectivity index (χ1) is 8.60. The van der Waals surface area contributed by atoms with Crippen molar-refractivity contribution in [2.45, 2.75) is 26.7 Å². The molecule has 1 atom stereocenters. The van der Waals surface area contributed by atoms with Gasteiger partial charge in [0.25, 0.3) is 0 Å². The van der Waals surface area contributed by atoms with E-state index in [1.54, 1.807) is 25.1 Å². The Bertz CT molecular complexity index is 429. The lowest BCUT2D eigenvalue weighted by Gasteiger charge is -2.13. The normalized spacial score (nSPS) is 11.9. The molecule has 0 aliphatic heterocycles. The molecule has 0 aliphatic rings. The van der Waals surface area contributed by atoms with Crippen molar-refractivity contribution < 1.29 is 14.3 Å². The highest BCUT2D eigenvalue weighted by Gasteiger charge is 2.27. The lowest BCUT2D eigenvalue weighted by Crippen LogP contribution is -2.26. The van der Waals surface area contributed by atoms with Crippen molar-refractivity contribution in [2.24, 2.45) is 5.92 Å². The van der Waals surface area contributed by atoms with E-state index in [1.165, 1.54) is 0 Å². The summed E-state index contributed by atoms with van der Waals surface area (Å²) in [6, 6.07) is 7.07. The number of hydrogen-bond donors (Lipinski definition) is 0. The molecule has 0 N–H and O–H groups in total. The number of carbonyl (C=O) groups is 2. The molecule has 1 unspecified atom stereocenters. The summed E-state index contributed by atoms with van der Waals surface area (Å²) in [6.45, 7) is 3.98. The maximum absolute atomic E-state index is 12.3. The molecule has 0 radical (unpaired) electrons. The van der Waals surface area contributed by atoms with E-state index in [2.05, 4.69) is 15.9 Å². The molecular weight excluding hydrogens is 296 g/mol. The Morgan fingerprint density at radius 1 is 1.33 bits per heavy atom. The number of halogens is 1. The number of Topliss-reactive ketones (excluding diaryl/α,β-unsaturated/α-hetero) is 1. The van der Waals surface area contributed by atoms with Crippen LogP contribution in [0.2, 0.25) is 0 Å². The summed E-state index contributed by atoms with van der Waals surface area (Å²) in [6.07, 6.45) is 1.29. The van der Waals surface area contributed by atoms with E-state index in [0.717, 1.165) is 10.9 Å². The minimum atomic E-state index is -0.691. The van der Waals surface area contributed by atoms with Gasteiger partial charge in [-0.05, 0) is 25.5 Å². The average Bonchev–Trinajstić information content (AvgIpc) is 2.35. The highest BCUT2D eigenvalue weighted by molar-refractivity contribution is 9.10. The van der Waals surface area contributed by atoms with E-state index in [1.807, 2.05) is 13.0 Å². The molecule has 0 aliphatic carbocycles. The second kappa shape index (κ2) is 7.31. The fraction of sp³-hybridized carbons (Fsp3) is 0.429. The predicted molar refractivity (Wildman–Crippen MR) is 73.5 cm³/mol. The van der Waals surface area contributed by atoms with Gasteiger partial charge < -0.3 is 4.74 Å². The molecule has 1 aromatic carbocycles. The number of ether oxygens (including phenoxy) is 1. The third-order valence-electron chi connectivity index (χ3n) is 2.57. The first kappa shape index (κ1) is 14.9. The van der Waals surface area contributed by atoms with Crippen LogP contribution in [-0.4, -0.2) is 18.4 Å². The molecule has 1 rings (SSSR count). The second-order valence-electron chi connectivity index (χ2n) is 3.97. The molecule has 0 amide bonds. The van der Waals surface area contributed by atoms with Gasteiger partial charge in [-0.3, -0.25) is 9.59 Å². The molecule has 0 aromatic heterocycles. The standard InChI is InChI=1S/C14H17BrO3/c1-3-6-12(14(17)18-4-2)13(16)10-7-5-8-11(15)9-10/h5,7-9,12H,3-4,6H2,1-2H3. The van der Waals surface area contributed by atoms with E-state index in [9.17, 15) is 9.59 Å². The molecule has 4 heteroatoms. The summed E-state index contributed by atoms with van der Waals surface area (Å²) in [4.78, 5) is 24.1. The van der Waals surface area contributed by atoms with E-state index >= 15 is 0 Å². The summed E-state index contributed by atoms with van der Waals surface area (Å²) < 4.78 is 5.78. The largest absolute Gasteiger partial charge is 0.465 e. The van der Waals surface area contributed by atoms with Crippen LogP contribution in [0, 0.1) is 5.92 Å². The third kappa shape index (κ3) is 3.95. The summed E-state index contributed by atoms with van der Waals surface area (Å²) in [5, 5.41) is 0. The molecule has 0 saturated heterocycles. The maximum Gasteiger partial charge on any atom is 0.316 e. The first-order valence-electron chi connectivity index (χ1n) is 6.06. The van der Waals surface area contributed by atoms with Gasteiger partial charge in [-0.25, -0.2) is 0 Å². The predicted octanol–water partition coefficient (Wildman–Crippen LogP) is 3.61. The highest BCUT2D eigenvalue weighted by atomic mass is 79.9. The lowest BCUT2D eigenvalue weighted by molar-refractivity contribution is -0.146. The van der Waals surface area contributed by atoms with Crippen molar-refractivity contribution in [3.8, 4) is 0 Å². The Hall–Kier alpha value is -1.16. The van der Waals surface area contributed by atoms with Crippen LogP contribution in [0.4, 0.5) is 0 Å². The molecule has 18 heavy (non-hydrogen) atoms. The van der Waals surface area contributed by atoms with Gasteiger partial charge in [0, 0.05) is 10.0 Å². The number of benzene rings is 1. The Morgan fingerprint density at radius 3 is 2.61 bits per heavy atom. The Labute approximate surface area is 116 Å². The molecule has 0 saturated carbocycles. The van der Waals surface area contributed by atoms with Crippen LogP contribution < -0.4 is 0 Å². The van der Waals surface area contributed by atoms with Crippen LogP contribution in [0.15, 0.2) is 28.7 Å². The molecule has 3 nitrogen and oxygen atoms in total. The topological polar surface area (TPSA) is 43.4 Å². The van der Waals surface area contributed by atoms with E-state index in [4.69, 9.17) is 4.74 Å². The van der Waals surface area contributed by atoms with Crippen LogP contribution >= 0.6 is 15.9 Å². The zero-order valence-corrected chi connectivity index (χ0v) is 12.2. The monoisotopic (exact) mass is 312 g/mol. The summed E-state index contributed by atoms with van der Waals surface area (Å²) in [7, 11) is 0. The number of esters is 1. The quantitative estimate of drug-likeness (QED) is 0.458. The van der Waals surface area contributed by atoms with Crippen molar-refractivity contribution in [2.75, 3.05) is 6.61 Å². The van der Waals surface area contributed by atoms with Gasteiger partial charge in [0.15, 0.2) is 5.78 Å². The van der Waals surface area contributed by atoms with Gasteiger partial charge in [0.05, 0.1) is 6.61 Å². The number of rotatable bonds is 6. The van der Waals surface area contributed by atoms with Crippen molar-refractivity contribution in [1.82, 2.24) is 0 Å². The molecule has 0 spiro atoms. The summed E-state index contributed by atoms with van der Waals surface area (Å²) in [5.74, 6) is -1.29. The van der Waals surface area contributed by atoms with Crippen molar-refractivity contribution in [3.63, 3.8) is 0 Å². The molecule has 1 aromatic rings. The van der Waals surface area contributed by atoms with Gasteiger partial charge in [-0.2, -0.15) is 0 Å². The zero-order chi connectivity index (χ0) is 13.5. The Kier molecular flexibility index (Phi) is 6.05. The van der Waals surface area contributed by atoms with Crippen molar-refractivity contribution >= 4 is 27.7 Å². The number of carbonyl (C=O) groups excluding carboxylic acids is 2. The summed E-state index contributed by atoms with van der Waals surface area (Å²) in [5.41, 5.74) is 0.538. The van der Waals surface area contributed by atoms with E-state index in [-0.39, 0.29) is 5.78 Å². The number of ketones is 1. The van der Waals surface area contributed by atoms with Gasteiger partial charge in [-0.1, -0.05) is 41.4 Å². The SMILES string of the molecule is CCCC(C(=O)OCC)C(=O)c1cccc(Br)c1. The maximum atomic E-state index is 12.3. The van der Waals surface area contributed by atoms with Crippen LogP contribution in [0.3, 0.4) is 0 Å². The van der Waals surface area contributed by atoms with Gasteiger partial charge in [0.1, 0.15) is 5.92 Å². The molecule has 0 heterocycles. The highest BCUT2D eigenvalue weighted by Crippen LogP contribution is 2.19. The third-order valence-corrected chi connectivity index (χ3v) is 3.07. The van der Waals surface area contributed by atoms with Crippen molar-refractivity contribution in [1.29, 1.82) is 0 Å². The average molecular weight is 313 g/mol. The second-order valence-corrected chi connectivity index (χ2v) is 4.88. The number of hydrogen-bond acceptors (Lipinski definition) is 3. The smallest absolute Gasteiger partial charge is 0.316 e. The fourth-order valence-corrected chi connectivity index (χ4v) is 2.13. The van der Waals surface area contributed by atoms with Crippen molar-refractivity contribution in [3.05, 3.63) is 34.3 Å². The minimum absolute atomic E-state index is 0.170. The van der Waals surface area contributed by atoms with Crippen LogP contribution in [0.25, 0.3) is 0 Å². The van der Waals surface area contributed by atoms with Crippen LogP contribution in [0.1, 0.15) is 37.0 Å². The lowest BCUT2D eigenvalue weighted by atomic mass is 9.93. The zero-order valence-electron chi connectivity index (χ0n) is 10.6. The van der Waals surface area contributed by atoms with Crippen LogP contribution in [-0.2, 0) is 9.53 Å². The Balaban J connectivity index is 2.92. The van der Waals surface area contributed by atoms with Gasteiger partial charge in [-0.15, -0.1) is 0 Å². The molecule has 0 bridgehead atoms. The van der Waals surface area contributed by atoms with E-state index < -0.39 is 11.9 Å². The van der Waals surface area contributed by atoms with Crippen LogP contribution in [0.5, 0.6) is 0 Å². The molecular formula is C14H17BrO3. The molecule has 0 fully saturated rings. The summed E-state index contributed by atoms with van der Waals surface area (Å²) >= 11 is 3.32. The van der Waals surface area contributed by atoms with E-state index in [0.29, 0.717) is 18.6 Å². The first-order valence-corrected chi connectivity index (χ1v) is 6.85. The van der Waals surface area contributed by atoms with Gasteiger partial charge in [0.2, 0.25) is 0 Å². The molecule has 98 valence electrons. The minimum Gasteiger partial charge on any atom is -0.465 e. The van der Waals surface area contributed by atoms with Gasteiger partial charge >= 0.3 is 5.97 Å². The fourth-order valence-electron chi connectivity index (χ4n) is 1.73. The Morgan fingerprint density at radius 2 is 2.06 bits per heavy atom.